The lowest BCUT2D eigenvalue weighted by atomic mass is 9.93. The second-order valence-electron chi connectivity index (χ2n) is 10.6. The molecule has 0 saturated heterocycles. The second kappa shape index (κ2) is 12.6. The molecule has 0 radical (unpaired) electrons. The highest BCUT2D eigenvalue weighted by Gasteiger charge is 2.27. The first kappa shape index (κ1) is 29.4. The van der Waals surface area contributed by atoms with Crippen LogP contribution in [0, 0.1) is 0 Å². The molecule has 7 rings (SSSR count). The molecule has 3 aromatic heterocycles. The lowest BCUT2D eigenvalue weighted by molar-refractivity contribution is 0.0525. The van der Waals surface area contributed by atoms with Gasteiger partial charge in [0.15, 0.2) is 0 Å². The smallest absolute Gasteiger partial charge is 0.344 e. The van der Waals surface area contributed by atoms with Crippen molar-refractivity contribution in [2.45, 2.75) is 13.0 Å². The molecule has 0 fully saturated rings. The van der Waals surface area contributed by atoms with Gasteiger partial charge in [-0.1, -0.05) is 90.5 Å². The highest BCUT2D eigenvalue weighted by molar-refractivity contribution is 7.10. The summed E-state index contributed by atoms with van der Waals surface area (Å²) in [6.07, 6.45) is 3.74. The van der Waals surface area contributed by atoms with E-state index in [1.165, 1.54) is 0 Å². The van der Waals surface area contributed by atoms with Crippen molar-refractivity contribution in [3.8, 4) is 33.8 Å². The Labute approximate surface area is 273 Å². The van der Waals surface area contributed by atoms with Crippen molar-refractivity contribution in [2.75, 3.05) is 6.61 Å². The first-order chi connectivity index (χ1) is 22.5. The number of carbonyl (C=O) groups excluding carboxylic acids is 1. The number of ether oxygens (including phenoxy) is 1. The van der Waals surface area contributed by atoms with E-state index in [1.54, 1.807) is 42.7 Å². The molecule has 0 saturated carbocycles. The molecule has 7 aromatic rings. The van der Waals surface area contributed by atoms with Crippen molar-refractivity contribution in [3.05, 3.63) is 152 Å². The third-order valence-electron chi connectivity index (χ3n) is 7.75. The number of fused-ring (bicyclic) bond motifs is 1. The molecule has 0 spiro atoms. The van der Waals surface area contributed by atoms with Gasteiger partial charge in [0.25, 0.3) is 5.56 Å². The maximum atomic E-state index is 13.4. The third-order valence-corrected chi connectivity index (χ3v) is 8.88. The fraction of sp³-hybridized carbons (Fsp3) is 0.0811. The van der Waals surface area contributed by atoms with Crippen LogP contribution in [0.25, 0.3) is 44.7 Å². The van der Waals surface area contributed by atoms with Crippen LogP contribution < -0.4 is 5.56 Å². The zero-order chi connectivity index (χ0) is 31.6. The van der Waals surface area contributed by atoms with Crippen LogP contribution in [0.5, 0.6) is 0 Å². The summed E-state index contributed by atoms with van der Waals surface area (Å²) < 4.78 is 7.47. The van der Waals surface area contributed by atoms with Crippen molar-refractivity contribution < 1.29 is 9.53 Å². The van der Waals surface area contributed by atoms with E-state index in [4.69, 9.17) is 26.3 Å². The summed E-state index contributed by atoms with van der Waals surface area (Å²) in [5, 5.41) is 4.07. The van der Waals surface area contributed by atoms with E-state index in [-0.39, 0.29) is 18.2 Å². The minimum atomic E-state index is -0.698. The highest BCUT2D eigenvalue weighted by atomic mass is 35.5. The molecule has 4 aromatic carbocycles. The average Bonchev–Trinajstić information content (AvgIpc) is 3.76. The fourth-order valence-corrected chi connectivity index (χ4v) is 6.87. The van der Waals surface area contributed by atoms with Gasteiger partial charge < -0.3 is 14.3 Å². The lowest BCUT2D eigenvalue weighted by Crippen LogP contribution is -2.22. The molecule has 0 aliphatic carbocycles. The summed E-state index contributed by atoms with van der Waals surface area (Å²) in [6.45, 7) is 1.84. The Hall–Kier alpha value is -5.31. The van der Waals surface area contributed by atoms with E-state index in [2.05, 4.69) is 14.9 Å². The summed E-state index contributed by atoms with van der Waals surface area (Å²) in [5.74, 6) is 0.0851. The van der Waals surface area contributed by atoms with Gasteiger partial charge >= 0.3 is 5.97 Å². The van der Waals surface area contributed by atoms with Crippen LogP contribution in [-0.2, 0) is 4.74 Å². The zero-order valence-electron chi connectivity index (χ0n) is 24.7. The number of aromatic nitrogens is 4. The quantitative estimate of drug-likeness (QED) is 0.168. The number of H-pyrrole nitrogens is 1. The molecular weight excluding hydrogens is 616 g/mol. The van der Waals surface area contributed by atoms with Crippen molar-refractivity contribution >= 4 is 39.8 Å². The number of nitrogens with one attached hydrogen (secondary N) is 1. The van der Waals surface area contributed by atoms with Crippen molar-refractivity contribution in [3.63, 3.8) is 0 Å². The van der Waals surface area contributed by atoms with Gasteiger partial charge in [0, 0.05) is 50.4 Å². The number of benzene rings is 4. The van der Waals surface area contributed by atoms with Gasteiger partial charge in [-0.05, 0) is 42.3 Å². The Bertz CT molecular complexity index is 2240. The summed E-state index contributed by atoms with van der Waals surface area (Å²) in [7, 11) is 0. The predicted molar refractivity (Wildman–Crippen MR) is 183 cm³/mol. The fourth-order valence-electron chi connectivity index (χ4n) is 5.73. The van der Waals surface area contributed by atoms with Crippen molar-refractivity contribution in [1.29, 1.82) is 0 Å². The molecule has 0 aliphatic rings. The minimum Gasteiger partial charge on any atom is -0.462 e. The molecule has 226 valence electrons. The number of carbonyl (C=O) groups is 1. The van der Waals surface area contributed by atoms with Gasteiger partial charge in [0.05, 0.1) is 12.3 Å². The first-order valence-corrected chi connectivity index (χ1v) is 16.0. The summed E-state index contributed by atoms with van der Waals surface area (Å²) in [4.78, 5) is 39.4. The maximum absolute atomic E-state index is 13.4. The number of aromatic amines is 1. The number of hydrogen-bond acceptors (Lipinski definition) is 6. The van der Waals surface area contributed by atoms with Gasteiger partial charge in [0.1, 0.15) is 22.4 Å². The Morgan fingerprint density at radius 1 is 0.935 bits per heavy atom. The number of rotatable bonds is 8. The van der Waals surface area contributed by atoms with E-state index in [0.717, 1.165) is 33.2 Å². The Balaban J connectivity index is 1.49. The topological polar surface area (TPSA) is 89.9 Å². The molecule has 0 bridgehead atoms. The van der Waals surface area contributed by atoms with Crippen LogP contribution in [0.15, 0.2) is 126 Å². The van der Waals surface area contributed by atoms with Crippen LogP contribution in [0.3, 0.4) is 0 Å². The average molecular weight is 643 g/mol. The maximum Gasteiger partial charge on any atom is 0.344 e. The van der Waals surface area contributed by atoms with Gasteiger partial charge in [-0.15, -0.1) is 11.3 Å². The van der Waals surface area contributed by atoms with Gasteiger partial charge in [-0.25, -0.2) is 14.8 Å². The molecular formula is C37H27ClN4O3S. The zero-order valence-corrected chi connectivity index (χ0v) is 26.3. The van der Waals surface area contributed by atoms with Crippen molar-refractivity contribution in [1.82, 2.24) is 19.5 Å². The number of thiazole rings is 1. The molecule has 9 heteroatoms. The van der Waals surface area contributed by atoms with E-state index < -0.39 is 11.5 Å². The van der Waals surface area contributed by atoms with Gasteiger partial charge in [-0.3, -0.25) is 4.79 Å². The SMILES string of the molecule is CCOC(=O)c1c(-c2cccc(Cl)c2)c2cc(C(c3nc(-c4ccccc4)cs3)n3ccnc3-c3ccccc3)ccc2[nH]c1=O. The minimum absolute atomic E-state index is 0.0708. The molecule has 1 N–H and O–H groups in total. The Morgan fingerprint density at radius 3 is 2.41 bits per heavy atom. The van der Waals surface area contributed by atoms with Crippen LogP contribution in [0.1, 0.15) is 33.9 Å². The first-order valence-electron chi connectivity index (χ1n) is 14.7. The molecule has 3 heterocycles. The summed E-state index contributed by atoms with van der Waals surface area (Å²) in [5.41, 5.74) is 4.82. The third kappa shape index (κ3) is 5.53. The number of nitrogens with zero attached hydrogens (tertiary/aromatic N) is 3. The van der Waals surface area contributed by atoms with Crippen LogP contribution >= 0.6 is 22.9 Å². The van der Waals surface area contributed by atoms with E-state index >= 15 is 0 Å². The molecule has 46 heavy (non-hydrogen) atoms. The molecule has 7 nitrogen and oxygen atoms in total. The molecule has 0 aliphatic heterocycles. The van der Waals surface area contributed by atoms with Gasteiger partial charge in [-0.2, -0.15) is 0 Å². The van der Waals surface area contributed by atoms with Crippen LogP contribution in [-0.4, -0.2) is 32.1 Å². The number of imidazole rings is 1. The van der Waals surface area contributed by atoms with Crippen LogP contribution in [0.4, 0.5) is 0 Å². The Kier molecular flexibility index (Phi) is 8.05. The monoisotopic (exact) mass is 642 g/mol. The standard InChI is InChI=1S/C37H27ClN4O3S/c1-2-45-37(44)32-31(25-14-9-15-27(38)20-25)28-21-26(16-17-29(28)40-35(32)43)33(36-41-30(22-46-36)23-10-5-3-6-11-23)42-19-18-39-34(42)24-12-7-4-8-13-24/h3-22,33H,2H2,1H3,(H,40,43). The highest BCUT2D eigenvalue weighted by Crippen LogP contribution is 2.38. The normalized spacial score (nSPS) is 11.9. The molecule has 1 atom stereocenters. The lowest BCUT2D eigenvalue weighted by Gasteiger charge is -2.21. The Morgan fingerprint density at radius 2 is 1.67 bits per heavy atom. The summed E-state index contributed by atoms with van der Waals surface area (Å²) in [6, 6.07) is 32.7. The van der Waals surface area contributed by atoms with Gasteiger partial charge in [0.2, 0.25) is 0 Å². The molecule has 1 unspecified atom stereocenters. The van der Waals surface area contributed by atoms with E-state index in [9.17, 15) is 9.59 Å². The van der Waals surface area contributed by atoms with E-state index in [1.807, 2.05) is 91.1 Å². The van der Waals surface area contributed by atoms with Crippen molar-refractivity contribution in [2.24, 2.45) is 0 Å². The van der Waals surface area contributed by atoms with Crippen LogP contribution in [0.2, 0.25) is 5.02 Å². The number of halogens is 1. The number of hydrogen-bond donors (Lipinski definition) is 1. The molecule has 0 amide bonds. The largest absolute Gasteiger partial charge is 0.462 e. The second-order valence-corrected chi connectivity index (χ2v) is 11.9. The number of esters is 1. The summed E-state index contributed by atoms with van der Waals surface area (Å²) >= 11 is 7.98. The number of pyridine rings is 1. The predicted octanol–water partition coefficient (Wildman–Crippen LogP) is 8.65. The van der Waals surface area contributed by atoms with E-state index in [0.29, 0.717) is 27.1 Å².